The Morgan fingerprint density at radius 1 is 0.683 bits per heavy atom. The van der Waals surface area contributed by atoms with Gasteiger partial charge in [-0.3, -0.25) is 4.79 Å². The van der Waals surface area contributed by atoms with Crippen LogP contribution < -0.4 is 4.90 Å². The second-order valence-electron chi connectivity index (χ2n) is 9.32. The maximum Gasteiger partial charge on any atom is 0.416 e. The normalized spacial score (nSPS) is 14.7. The zero-order chi connectivity index (χ0) is 29.5. The van der Waals surface area contributed by atoms with E-state index >= 15 is 0 Å². The van der Waals surface area contributed by atoms with Crippen LogP contribution in [0, 0.1) is 0 Å². The molecule has 41 heavy (non-hydrogen) atoms. The van der Waals surface area contributed by atoms with E-state index < -0.39 is 40.9 Å². The quantitative estimate of drug-likeness (QED) is 0.197. The topological polar surface area (TPSA) is 57.6 Å². The Morgan fingerprint density at radius 3 is 1.88 bits per heavy atom. The van der Waals surface area contributed by atoms with Gasteiger partial charge in [-0.25, -0.2) is 4.79 Å². The second-order valence-corrected chi connectivity index (χ2v) is 9.32. The third-order valence-electron chi connectivity index (χ3n) is 6.63. The summed E-state index contributed by atoms with van der Waals surface area (Å²) in [6.45, 7) is -0.0844. The Kier molecular flexibility index (Phi) is 6.94. The van der Waals surface area contributed by atoms with Crippen molar-refractivity contribution in [3.8, 4) is 0 Å². The Hall–Kier alpha value is -4.86. The molecule has 0 saturated carbocycles. The average Bonchev–Trinajstić information content (AvgIpc) is 3.19. The van der Waals surface area contributed by atoms with Gasteiger partial charge in [0.05, 0.1) is 34.5 Å². The molecule has 4 aromatic carbocycles. The molecule has 1 aliphatic rings. The van der Waals surface area contributed by atoms with Crippen LogP contribution in [0.25, 0.3) is 11.1 Å². The van der Waals surface area contributed by atoms with Gasteiger partial charge in [0.25, 0.3) is 5.91 Å². The number of hydrogen-bond acceptors (Lipinski definition) is 2. The minimum Gasteiger partial charge on any atom is -0.478 e. The highest BCUT2D eigenvalue weighted by Crippen LogP contribution is 2.45. The molecule has 0 saturated heterocycles. The molecule has 0 radical (unpaired) electrons. The first-order valence-electron chi connectivity index (χ1n) is 12.2. The number of anilines is 1. The number of aromatic carboxylic acids is 1. The smallest absolute Gasteiger partial charge is 0.416 e. The number of para-hydroxylation sites is 1. The summed E-state index contributed by atoms with van der Waals surface area (Å²) in [5.41, 5.74) is -2.20. The lowest BCUT2D eigenvalue weighted by molar-refractivity contribution is -0.143. The first kappa shape index (κ1) is 27.7. The number of amides is 1. The number of carbonyl (C=O) groups excluding carboxylic acids is 1. The third kappa shape index (κ3) is 5.45. The fraction of sp³-hybridized carbons (Fsp3) is 0.0968. The number of fused-ring (bicyclic) bond motifs is 1. The zero-order valence-corrected chi connectivity index (χ0v) is 20.9. The van der Waals surface area contributed by atoms with Crippen molar-refractivity contribution in [3.05, 3.63) is 136 Å². The Balaban J connectivity index is 1.77. The van der Waals surface area contributed by atoms with Gasteiger partial charge in [-0.1, -0.05) is 60.7 Å². The van der Waals surface area contributed by atoms with E-state index in [4.69, 9.17) is 0 Å². The molecular weight excluding hydrogens is 548 g/mol. The summed E-state index contributed by atoms with van der Waals surface area (Å²) >= 11 is 0. The van der Waals surface area contributed by atoms with Crippen LogP contribution in [0.2, 0.25) is 0 Å². The highest BCUT2D eigenvalue weighted by atomic mass is 19.4. The molecule has 1 heterocycles. The number of carboxylic acids is 1. The van der Waals surface area contributed by atoms with Crippen molar-refractivity contribution in [2.24, 2.45) is 0 Å². The van der Waals surface area contributed by atoms with Crippen molar-refractivity contribution >= 4 is 28.7 Å². The lowest BCUT2D eigenvalue weighted by Gasteiger charge is -2.19. The van der Waals surface area contributed by atoms with Crippen LogP contribution in [0.5, 0.6) is 0 Å². The SMILES string of the molecule is O=C(O)c1cccc(CN2C(=O)/C(=C(\c3ccccc3)c3cc(C(F)(F)F)cc(C(F)(F)F)c3)c3ccccc32)c1. The van der Waals surface area contributed by atoms with E-state index in [0.29, 0.717) is 28.9 Å². The van der Waals surface area contributed by atoms with Crippen LogP contribution in [0.4, 0.5) is 32.0 Å². The molecule has 1 amide bonds. The van der Waals surface area contributed by atoms with Gasteiger partial charge in [-0.05, 0) is 53.1 Å². The van der Waals surface area contributed by atoms with Gasteiger partial charge >= 0.3 is 18.3 Å². The van der Waals surface area contributed by atoms with E-state index in [-0.39, 0.29) is 34.9 Å². The highest BCUT2D eigenvalue weighted by molar-refractivity contribution is 6.38. The van der Waals surface area contributed by atoms with E-state index in [0.717, 1.165) is 0 Å². The minimum absolute atomic E-state index is 0.00758. The highest BCUT2D eigenvalue weighted by Gasteiger charge is 2.39. The van der Waals surface area contributed by atoms with Crippen molar-refractivity contribution < 1.29 is 41.0 Å². The van der Waals surface area contributed by atoms with Gasteiger partial charge in [0, 0.05) is 11.1 Å². The lowest BCUT2D eigenvalue weighted by Crippen LogP contribution is -2.26. The minimum atomic E-state index is -5.08. The number of nitrogens with zero attached hydrogens (tertiary/aromatic N) is 1. The van der Waals surface area contributed by atoms with E-state index in [2.05, 4.69) is 0 Å². The molecule has 0 aromatic heterocycles. The third-order valence-corrected chi connectivity index (χ3v) is 6.63. The zero-order valence-electron chi connectivity index (χ0n) is 20.9. The largest absolute Gasteiger partial charge is 0.478 e. The molecule has 0 atom stereocenters. The summed E-state index contributed by atoms with van der Waals surface area (Å²) in [6, 6.07) is 21.4. The lowest BCUT2D eigenvalue weighted by atomic mass is 9.88. The number of halogens is 6. The number of benzene rings is 4. The van der Waals surface area contributed by atoms with Gasteiger partial charge < -0.3 is 10.0 Å². The molecule has 208 valence electrons. The van der Waals surface area contributed by atoms with Gasteiger partial charge in [0.15, 0.2) is 0 Å². The molecule has 4 nitrogen and oxygen atoms in total. The molecule has 0 fully saturated rings. The van der Waals surface area contributed by atoms with Crippen LogP contribution in [0.3, 0.4) is 0 Å². The van der Waals surface area contributed by atoms with E-state index in [9.17, 15) is 41.0 Å². The van der Waals surface area contributed by atoms with Gasteiger partial charge in [0.1, 0.15) is 0 Å². The molecule has 0 bridgehead atoms. The number of alkyl halides is 6. The number of carboxylic acid groups (broad SMARTS) is 1. The van der Waals surface area contributed by atoms with Crippen molar-refractivity contribution in [3.63, 3.8) is 0 Å². The van der Waals surface area contributed by atoms with Crippen molar-refractivity contribution in [2.45, 2.75) is 18.9 Å². The fourth-order valence-electron chi connectivity index (χ4n) is 4.82. The molecule has 4 aromatic rings. The predicted octanol–water partition coefficient (Wildman–Crippen LogP) is 7.93. The van der Waals surface area contributed by atoms with Gasteiger partial charge in [-0.15, -0.1) is 0 Å². The average molecular weight is 567 g/mol. The standard InChI is InChI=1S/C31H19F6NO3/c32-30(33,34)22-14-21(15-23(16-22)31(35,36)37)26(19-8-2-1-3-9-19)27-24-11-4-5-12-25(24)38(28(27)39)17-18-7-6-10-20(13-18)29(40)41/h1-16H,17H2,(H,40,41)/b27-26+. The number of rotatable bonds is 5. The Labute approximate surface area is 229 Å². The fourth-order valence-corrected chi connectivity index (χ4v) is 4.82. The first-order valence-corrected chi connectivity index (χ1v) is 12.2. The summed E-state index contributed by atoms with van der Waals surface area (Å²) < 4.78 is 82.7. The Bertz CT molecular complexity index is 1660. The van der Waals surface area contributed by atoms with Crippen molar-refractivity contribution in [1.82, 2.24) is 0 Å². The maximum absolute atomic E-state index is 14.0. The summed E-state index contributed by atoms with van der Waals surface area (Å²) in [5, 5.41) is 9.36. The Morgan fingerprint density at radius 2 is 1.27 bits per heavy atom. The molecule has 1 aliphatic heterocycles. The van der Waals surface area contributed by atoms with Crippen LogP contribution in [-0.2, 0) is 23.7 Å². The van der Waals surface area contributed by atoms with Crippen LogP contribution in [-0.4, -0.2) is 17.0 Å². The van der Waals surface area contributed by atoms with Crippen LogP contribution >= 0.6 is 0 Å². The summed E-state index contributed by atoms with van der Waals surface area (Å²) in [7, 11) is 0. The summed E-state index contributed by atoms with van der Waals surface area (Å²) in [4.78, 5) is 26.8. The first-order chi connectivity index (χ1) is 19.3. The van der Waals surface area contributed by atoms with Crippen LogP contribution in [0.1, 0.15) is 43.7 Å². The molecule has 0 spiro atoms. The van der Waals surface area contributed by atoms with Crippen molar-refractivity contribution in [2.75, 3.05) is 4.90 Å². The van der Waals surface area contributed by atoms with E-state index in [1.54, 1.807) is 48.5 Å². The molecule has 5 rings (SSSR count). The number of carbonyl (C=O) groups is 2. The van der Waals surface area contributed by atoms with Crippen molar-refractivity contribution in [1.29, 1.82) is 0 Å². The number of hydrogen-bond donors (Lipinski definition) is 1. The molecule has 0 unspecified atom stereocenters. The predicted molar refractivity (Wildman–Crippen MR) is 140 cm³/mol. The van der Waals surface area contributed by atoms with Gasteiger partial charge in [-0.2, -0.15) is 26.3 Å². The molecule has 0 aliphatic carbocycles. The molecule has 10 heteroatoms. The molecular formula is C31H19F6NO3. The molecule has 1 N–H and O–H groups in total. The van der Waals surface area contributed by atoms with Gasteiger partial charge in [0.2, 0.25) is 0 Å². The monoisotopic (exact) mass is 567 g/mol. The van der Waals surface area contributed by atoms with Crippen LogP contribution in [0.15, 0.2) is 97.1 Å². The maximum atomic E-state index is 14.0. The van der Waals surface area contributed by atoms with E-state index in [1.165, 1.54) is 35.2 Å². The summed E-state index contributed by atoms with van der Waals surface area (Å²) in [6.07, 6.45) is -10.2. The van der Waals surface area contributed by atoms with E-state index in [1.807, 2.05) is 0 Å². The summed E-state index contributed by atoms with van der Waals surface area (Å²) in [5.74, 6) is -1.83. The second kappa shape index (κ2) is 10.3.